The molecule has 0 amide bonds. The van der Waals surface area contributed by atoms with Crippen LogP contribution in [0.25, 0.3) is 22.8 Å². The first-order chi connectivity index (χ1) is 28.0. The minimum Gasteiger partial charge on any atom is -0.687 e. The number of allylic oxidation sites excluding steroid dienone is 2. The van der Waals surface area contributed by atoms with E-state index in [0.717, 1.165) is 63.5 Å². The summed E-state index contributed by atoms with van der Waals surface area (Å²) in [6.45, 7) is 24.4. The smallest absolute Gasteiger partial charge is 0.209 e. The first kappa shape index (κ1) is 42.5. The van der Waals surface area contributed by atoms with Gasteiger partial charge in [0.1, 0.15) is 13.1 Å². The maximum atomic E-state index is 4.53. The van der Waals surface area contributed by atoms with Crippen molar-refractivity contribution < 1.29 is 9.15 Å². The Kier molecular flexibility index (Phi) is 13.7. The van der Waals surface area contributed by atoms with Gasteiger partial charge < -0.3 is 20.4 Å². The van der Waals surface area contributed by atoms with Crippen LogP contribution in [0.2, 0.25) is 0 Å². The molecule has 2 heterocycles. The molecule has 0 saturated heterocycles. The summed E-state index contributed by atoms with van der Waals surface area (Å²) in [5, 5.41) is 9.07. The predicted molar refractivity (Wildman–Crippen MR) is 253 cm³/mol. The van der Waals surface area contributed by atoms with Crippen LogP contribution in [0.1, 0.15) is 103 Å². The zero-order chi connectivity index (χ0) is 41.5. The number of nitrogens with zero attached hydrogens (tertiary/aromatic N) is 6. The average Bonchev–Trinajstić information content (AvgIpc) is 3.58. The highest BCUT2D eigenvalue weighted by atomic mass is 15.1. The molecule has 6 rings (SSSR count). The molecule has 2 aliphatic heterocycles. The van der Waals surface area contributed by atoms with E-state index < -0.39 is 0 Å². The van der Waals surface area contributed by atoms with Crippen molar-refractivity contribution in [3.63, 3.8) is 0 Å². The second kappa shape index (κ2) is 18.7. The Hall–Kier alpha value is -5.10. The largest absolute Gasteiger partial charge is 0.687 e. The molecule has 0 aliphatic carbocycles. The first-order valence-electron chi connectivity index (χ1n) is 21.8. The molecule has 0 atom stereocenters. The standard InChI is InChI=1S/C52H68N6/c1-11-55(12-2)43-27-19-39(20-28-43)23-33-49-51(5,6)45-37-41(53-9)25-31-47(45)57(49)35-17-15-16-18-36-58-48-32-26-42(54-10)38-46(48)52(7,8)50(58)34-24-40-21-29-44(30-22-40)56(13-3)14-4/h19-34,37-38H,11-18,35-36H2,1-10H3. The van der Waals surface area contributed by atoms with Gasteiger partial charge in [-0.3, -0.25) is 0 Å². The van der Waals surface area contributed by atoms with E-state index in [4.69, 9.17) is 0 Å². The zero-order valence-electron chi connectivity index (χ0n) is 37.1. The number of hydrogen-bond donors (Lipinski definition) is 0. The second-order valence-corrected chi connectivity index (χ2v) is 16.8. The lowest BCUT2D eigenvalue weighted by atomic mass is 9.81. The molecule has 0 fully saturated rings. The van der Waals surface area contributed by atoms with E-state index in [1.54, 1.807) is 0 Å². The van der Waals surface area contributed by atoms with Gasteiger partial charge in [-0.15, -0.1) is 25.5 Å². The van der Waals surface area contributed by atoms with Gasteiger partial charge in [0.2, 0.25) is 11.4 Å². The van der Waals surface area contributed by atoms with E-state index in [1.807, 2.05) is 14.1 Å². The van der Waals surface area contributed by atoms with Crippen LogP contribution in [-0.4, -0.2) is 73.9 Å². The van der Waals surface area contributed by atoms with Crippen LogP contribution >= 0.6 is 0 Å². The summed E-state index contributed by atoms with van der Waals surface area (Å²) in [5.41, 5.74) is 14.9. The molecule has 6 nitrogen and oxygen atoms in total. The summed E-state index contributed by atoms with van der Waals surface area (Å²) in [6, 6.07) is 31.5. The van der Waals surface area contributed by atoms with E-state index in [9.17, 15) is 0 Å². The van der Waals surface area contributed by atoms with Crippen LogP contribution in [0.4, 0.5) is 34.1 Å². The molecule has 6 heteroatoms. The highest BCUT2D eigenvalue weighted by Crippen LogP contribution is 2.44. The molecule has 0 bridgehead atoms. The molecule has 0 spiro atoms. The fourth-order valence-electron chi connectivity index (χ4n) is 9.10. The fourth-order valence-corrected chi connectivity index (χ4v) is 9.10. The molecular formula is C52H68N6. The molecule has 0 aromatic heterocycles. The van der Waals surface area contributed by atoms with Crippen molar-refractivity contribution in [2.75, 3.05) is 63.2 Å². The minimum absolute atomic E-state index is 0.123. The normalized spacial score (nSPS) is 15.4. The second-order valence-electron chi connectivity index (χ2n) is 16.8. The molecule has 58 heavy (non-hydrogen) atoms. The Morgan fingerprint density at radius 1 is 0.483 bits per heavy atom. The molecular weight excluding hydrogens is 709 g/mol. The van der Waals surface area contributed by atoms with Crippen molar-refractivity contribution in [1.82, 2.24) is 0 Å². The lowest BCUT2D eigenvalue weighted by Crippen LogP contribution is -2.28. The Labute approximate surface area is 350 Å². The Balaban J connectivity index is 1.18. The summed E-state index contributed by atoms with van der Waals surface area (Å²) >= 11 is 0. The summed E-state index contributed by atoms with van der Waals surface area (Å²) in [4.78, 5) is 4.78. The van der Waals surface area contributed by atoms with Gasteiger partial charge in [-0.25, -0.2) is 0 Å². The number of anilines is 2. The SMILES string of the molecule is CCN(CC)c1ccc(C=CC2=[N+](CCCCCC[N+]3=C(C=Cc4ccc(N(CC)CC)cc4)C(C)(C)c4cc([N-]C)ccc43)c3ccc([N-]C)cc3C2(C)C)cc1. The molecule has 0 N–H and O–H groups in total. The molecule has 4 aromatic carbocycles. The Bertz CT molecular complexity index is 1990. The van der Waals surface area contributed by atoms with Crippen LogP contribution in [-0.2, 0) is 10.8 Å². The maximum Gasteiger partial charge on any atom is 0.209 e. The van der Waals surface area contributed by atoms with Gasteiger partial charge in [0, 0.05) is 85.8 Å². The van der Waals surface area contributed by atoms with Crippen LogP contribution < -0.4 is 9.80 Å². The quantitative estimate of drug-likeness (QED) is 0.0703. The third kappa shape index (κ3) is 8.82. The van der Waals surface area contributed by atoms with E-state index >= 15 is 0 Å². The van der Waals surface area contributed by atoms with Crippen molar-refractivity contribution in [2.24, 2.45) is 0 Å². The van der Waals surface area contributed by atoms with Crippen molar-refractivity contribution >= 4 is 57.7 Å². The van der Waals surface area contributed by atoms with Crippen molar-refractivity contribution in [2.45, 2.75) is 91.9 Å². The summed E-state index contributed by atoms with van der Waals surface area (Å²) in [6.07, 6.45) is 13.9. The van der Waals surface area contributed by atoms with E-state index in [-0.39, 0.29) is 10.8 Å². The Morgan fingerprint density at radius 3 is 1.17 bits per heavy atom. The van der Waals surface area contributed by atoms with Gasteiger partial charge in [-0.1, -0.05) is 48.5 Å². The molecule has 0 saturated carbocycles. The number of fused-ring (bicyclic) bond motifs is 2. The monoisotopic (exact) mass is 777 g/mol. The molecule has 306 valence electrons. The topological polar surface area (TPSA) is 40.7 Å². The number of hydrogen-bond acceptors (Lipinski definition) is 2. The van der Waals surface area contributed by atoms with Gasteiger partial charge in [-0.2, -0.15) is 9.15 Å². The first-order valence-corrected chi connectivity index (χ1v) is 21.8. The number of unbranched alkanes of at least 4 members (excludes halogenated alkanes) is 3. The lowest BCUT2D eigenvalue weighted by Gasteiger charge is -2.21. The number of benzene rings is 4. The van der Waals surface area contributed by atoms with Crippen molar-refractivity contribution in [3.05, 3.63) is 130 Å². The average molecular weight is 777 g/mol. The van der Waals surface area contributed by atoms with Gasteiger partial charge in [0.15, 0.2) is 11.4 Å². The summed E-state index contributed by atoms with van der Waals surface area (Å²) < 4.78 is 5.16. The van der Waals surface area contributed by atoms with Gasteiger partial charge in [-0.05, 0) is 116 Å². The van der Waals surface area contributed by atoms with Gasteiger partial charge in [0.05, 0.1) is 10.8 Å². The third-order valence-corrected chi connectivity index (χ3v) is 12.7. The molecule has 0 radical (unpaired) electrons. The Morgan fingerprint density at radius 2 is 0.845 bits per heavy atom. The van der Waals surface area contributed by atoms with Crippen LogP contribution in [0, 0.1) is 0 Å². The summed E-state index contributed by atoms with van der Waals surface area (Å²) in [7, 11) is 3.77. The summed E-state index contributed by atoms with van der Waals surface area (Å²) in [5.74, 6) is 0. The highest BCUT2D eigenvalue weighted by molar-refractivity contribution is 6.06. The highest BCUT2D eigenvalue weighted by Gasteiger charge is 2.45. The van der Waals surface area contributed by atoms with Gasteiger partial charge >= 0.3 is 0 Å². The third-order valence-electron chi connectivity index (χ3n) is 12.7. The van der Waals surface area contributed by atoms with Crippen LogP contribution in [0.15, 0.2) is 97.1 Å². The van der Waals surface area contributed by atoms with Crippen molar-refractivity contribution in [3.8, 4) is 0 Å². The van der Waals surface area contributed by atoms with Gasteiger partial charge in [0.25, 0.3) is 0 Å². The lowest BCUT2D eigenvalue weighted by molar-refractivity contribution is -0.440. The maximum absolute atomic E-state index is 4.53. The van der Waals surface area contributed by atoms with Crippen molar-refractivity contribution in [1.29, 1.82) is 0 Å². The molecule has 2 aliphatic rings. The molecule has 0 unspecified atom stereocenters. The fraction of sp³-hybridized carbons (Fsp3) is 0.423. The van der Waals surface area contributed by atoms with E-state index in [1.165, 1.54) is 69.3 Å². The van der Waals surface area contributed by atoms with Crippen LogP contribution in [0.3, 0.4) is 0 Å². The minimum atomic E-state index is -0.123. The number of rotatable bonds is 19. The predicted octanol–water partition coefficient (Wildman–Crippen LogP) is 13.1. The molecule has 4 aromatic rings. The van der Waals surface area contributed by atoms with Crippen LogP contribution in [0.5, 0.6) is 0 Å². The van der Waals surface area contributed by atoms with E-state index in [0.29, 0.717) is 0 Å². The zero-order valence-corrected chi connectivity index (χ0v) is 37.1. The van der Waals surface area contributed by atoms with E-state index in [2.05, 4.69) is 194 Å².